The molecule has 0 bridgehead atoms. The second kappa shape index (κ2) is 22.4. The summed E-state index contributed by atoms with van der Waals surface area (Å²) in [6.07, 6.45) is 19.0. The molecule has 30 heavy (non-hydrogen) atoms. The van der Waals surface area contributed by atoms with Gasteiger partial charge in [0.25, 0.3) is 0 Å². The van der Waals surface area contributed by atoms with E-state index in [1.165, 1.54) is 64.2 Å². The number of hydrogen-bond acceptors (Lipinski definition) is 3. The molecular formula is C27H47NO2. The first-order valence-corrected chi connectivity index (χ1v) is 12.4. The number of carbonyl (C=O) groups excluding carboxylic acids is 1. The van der Waals surface area contributed by atoms with Crippen molar-refractivity contribution in [3.05, 3.63) is 0 Å². The van der Waals surface area contributed by atoms with Gasteiger partial charge in [-0.1, -0.05) is 89.4 Å². The van der Waals surface area contributed by atoms with Crippen molar-refractivity contribution in [2.75, 3.05) is 20.6 Å². The number of unbranched alkanes of at least 4 members (excludes halogenated alkanes) is 14. The Labute approximate surface area is 187 Å². The molecule has 0 rings (SSSR count). The molecule has 0 saturated heterocycles. The average Bonchev–Trinajstić information content (AvgIpc) is 2.71. The Morgan fingerprint density at radius 2 is 1.17 bits per heavy atom. The Bertz CT molecular complexity index is 518. The molecule has 0 aliphatic carbocycles. The number of rotatable bonds is 19. The maximum absolute atomic E-state index is 11.8. The maximum atomic E-state index is 11.8. The van der Waals surface area contributed by atoms with Gasteiger partial charge in [-0.2, -0.15) is 0 Å². The van der Waals surface area contributed by atoms with E-state index < -0.39 is 6.10 Å². The Kier molecular flexibility index (Phi) is 21.4. The van der Waals surface area contributed by atoms with Crippen molar-refractivity contribution in [2.45, 2.75) is 122 Å². The van der Waals surface area contributed by atoms with Crippen LogP contribution in [0.2, 0.25) is 0 Å². The van der Waals surface area contributed by atoms with E-state index in [0.29, 0.717) is 13.0 Å². The lowest BCUT2D eigenvalue weighted by Gasteiger charge is -2.14. The van der Waals surface area contributed by atoms with E-state index in [-0.39, 0.29) is 5.78 Å². The Morgan fingerprint density at radius 3 is 1.63 bits per heavy atom. The highest BCUT2D eigenvalue weighted by Gasteiger charge is 2.14. The molecule has 0 aromatic rings. The van der Waals surface area contributed by atoms with E-state index in [2.05, 4.69) is 30.6 Å². The number of aliphatic hydroxyl groups excluding tert-OH is 1. The Hall–Kier alpha value is -1.29. The topological polar surface area (TPSA) is 40.5 Å². The quantitative estimate of drug-likeness (QED) is 0.203. The lowest BCUT2D eigenvalue weighted by Crippen LogP contribution is -2.32. The molecule has 3 heteroatoms. The fraction of sp³-hybridized carbons (Fsp3) is 0.815. The van der Waals surface area contributed by atoms with Crippen LogP contribution in [0.4, 0.5) is 0 Å². The van der Waals surface area contributed by atoms with Crippen molar-refractivity contribution in [2.24, 2.45) is 0 Å². The van der Waals surface area contributed by atoms with Crippen LogP contribution in [0, 0.1) is 23.7 Å². The fourth-order valence-electron chi connectivity index (χ4n) is 3.39. The van der Waals surface area contributed by atoms with E-state index in [1.54, 1.807) is 0 Å². The van der Waals surface area contributed by atoms with Crippen molar-refractivity contribution < 1.29 is 9.90 Å². The van der Waals surface area contributed by atoms with Crippen LogP contribution in [-0.4, -0.2) is 42.5 Å². The summed E-state index contributed by atoms with van der Waals surface area (Å²) in [6.45, 7) is 2.68. The minimum atomic E-state index is -0.831. The highest BCUT2D eigenvalue weighted by molar-refractivity contribution is 5.82. The van der Waals surface area contributed by atoms with E-state index in [9.17, 15) is 9.90 Å². The molecule has 172 valence electrons. The van der Waals surface area contributed by atoms with E-state index in [1.807, 2.05) is 19.0 Å². The minimum Gasteiger partial charge on any atom is -0.384 e. The molecule has 0 spiro atoms. The first-order valence-electron chi connectivity index (χ1n) is 12.4. The number of nitrogens with zero attached hydrogens (tertiary/aromatic N) is 1. The molecule has 1 N–H and O–H groups in total. The summed E-state index contributed by atoms with van der Waals surface area (Å²) < 4.78 is 0. The number of likely N-dealkylation sites (N-methyl/N-ethyl adjacent to an activating group) is 1. The largest absolute Gasteiger partial charge is 0.384 e. The van der Waals surface area contributed by atoms with Gasteiger partial charge in [-0.05, 0) is 45.2 Å². The third-order valence-electron chi connectivity index (χ3n) is 5.28. The minimum absolute atomic E-state index is 0.0255. The fourth-order valence-corrected chi connectivity index (χ4v) is 3.39. The summed E-state index contributed by atoms with van der Waals surface area (Å²) in [5.74, 6) is 12.3. The van der Waals surface area contributed by atoms with Crippen LogP contribution < -0.4 is 0 Å². The van der Waals surface area contributed by atoms with Crippen molar-refractivity contribution in [1.82, 2.24) is 4.90 Å². The molecule has 0 amide bonds. The van der Waals surface area contributed by atoms with Crippen molar-refractivity contribution in [1.29, 1.82) is 0 Å². The molecule has 0 fully saturated rings. The third-order valence-corrected chi connectivity index (χ3v) is 5.28. The predicted molar refractivity (Wildman–Crippen MR) is 129 cm³/mol. The summed E-state index contributed by atoms with van der Waals surface area (Å²) in [7, 11) is 3.73. The predicted octanol–water partition coefficient (Wildman–Crippen LogP) is 6.14. The summed E-state index contributed by atoms with van der Waals surface area (Å²) in [5, 5.41) is 9.73. The number of carbonyl (C=O) groups is 1. The number of aliphatic hydroxyl groups is 1. The standard InChI is InChI=1S/C27H47NO2/c1-4-5-6-7-8-9-10-11-12-13-14-15-16-17-18-19-20-21-22-23-24-26(29)27(30)25-28(2)3/h27,30H,4-12,17-25H2,1-3H3. The molecule has 0 aromatic carbocycles. The van der Waals surface area contributed by atoms with Crippen LogP contribution in [-0.2, 0) is 4.79 Å². The van der Waals surface area contributed by atoms with Crippen molar-refractivity contribution >= 4 is 5.78 Å². The van der Waals surface area contributed by atoms with Gasteiger partial charge in [0.2, 0.25) is 0 Å². The van der Waals surface area contributed by atoms with Crippen LogP contribution in [0.5, 0.6) is 0 Å². The van der Waals surface area contributed by atoms with E-state index in [0.717, 1.165) is 38.5 Å². The van der Waals surface area contributed by atoms with Gasteiger partial charge < -0.3 is 10.0 Å². The molecule has 1 unspecified atom stereocenters. The summed E-state index contributed by atoms with van der Waals surface area (Å²) >= 11 is 0. The molecular weight excluding hydrogens is 370 g/mol. The summed E-state index contributed by atoms with van der Waals surface area (Å²) in [6, 6.07) is 0. The van der Waals surface area contributed by atoms with Gasteiger partial charge in [0.05, 0.1) is 0 Å². The summed E-state index contributed by atoms with van der Waals surface area (Å²) in [5.41, 5.74) is 0. The number of hydrogen-bond donors (Lipinski definition) is 1. The number of ketones is 1. The van der Waals surface area contributed by atoms with Crippen LogP contribution >= 0.6 is 0 Å². The SMILES string of the molecule is CCCCCCCCCCC#CC#CCCCCCCCCC(=O)C(O)CN(C)C. The molecule has 0 heterocycles. The molecule has 1 atom stereocenters. The molecule has 0 aliphatic heterocycles. The van der Waals surface area contributed by atoms with Gasteiger partial charge in [0.15, 0.2) is 5.78 Å². The van der Waals surface area contributed by atoms with Gasteiger partial charge in [-0.25, -0.2) is 0 Å². The van der Waals surface area contributed by atoms with Crippen molar-refractivity contribution in [3.8, 4) is 23.7 Å². The van der Waals surface area contributed by atoms with Gasteiger partial charge in [0, 0.05) is 25.8 Å². The molecule has 0 aromatic heterocycles. The first kappa shape index (κ1) is 28.7. The van der Waals surface area contributed by atoms with Gasteiger partial charge >= 0.3 is 0 Å². The zero-order chi connectivity index (χ0) is 22.3. The van der Waals surface area contributed by atoms with Crippen LogP contribution in [0.3, 0.4) is 0 Å². The van der Waals surface area contributed by atoms with Crippen LogP contribution in [0.25, 0.3) is 0 Å². The second-order valence-electron chi connectivity index (χ2n) is 8.69. The van der Waals surface area contributed by atoms with E-state index >= 15 is 0 Å². The lowest BCUT2D eigenvalue weighted by atomic mass is 10.0. The molecule has 0 aliphatic rings. The normalized spacial score (nSPS) is 11.5. The highest BCUT2D eigenvalue weighted by atomic mass is 16.3. The zero-order valence-corrected chi connectivity index (χ0v) is 20.1. The number of Topliss-reactive ketones (excluding diaryl/α,β-unsaturated/α-hetero) is 1. The van der Waals surface area contributed by atoms with Crippen molar-refractivity contribution in [3.63, 3.8) is 0 Å². The third kappa shape index (κ3) is 21.4. The lowest BCUT2D eigenvalue weighted by molar-refractivity contribution is -0.127. The highest BCUT2D eigenvalue weighted by Crippen LogP contribution is 2.10. The van der Waals surface area contributed by atoms with Gasteiger partial charge in [-0.3, -0.25) is 4.79 Å². The van der Waals surface area contributed by atoms with Gasteiger partial charge in [0.1, 0.15) is 6.10 Å². The van der Waals surface area contributed by atoms with Crippen LogP contribution in [0.1, 0.15) is 116 Å². The second-order valence-corrected chi connectivity index (χ2v) is 8.69. The molecule has 0 radical (unpaired) electrons. The average molecular weight is 418 g/mol. The molecule has 0 saturated carbocycles. The maximum Gasteiger partial charge on any atom is 0.162 e. The first-order chi connectivity index (χ1) is 14.6. The summed E-state index contributed by atoms with van der Waals surface area (Å²) in [4.78, 5) is 13.6. The Morgan fingerprint density at radius 1 is 0.733 bits per heavy atom. The Balaban J connectivity index is 3.40. The monoisotopic (exact) mass is 417 g/mol. The molecule has 3 nitrogen and oxygen atoms in total. The zero-order valence-electron chi connectivity index (χ0n) is 20.1. The van der Waals surface area contributed by atoms with Crippen LogP contribution in [0.15, 0.2) is 0 Å². The van der Waals surface area contributed by atoms with E-state index in [4.69, 9.17) is 0 Å². The smallest absolute Gasteiger partial charge is 0.162 e. The van der Waals surface area contributed by atoms with Gasteiger partial charge in [-0.15, -0.1) is 0 Å².